The van der Waals surface area contributed by atoms with Crippen LogP contribution in [-0.2, 0) is 29.2 Å². The topological polar surface area (TPSA) is 133 Å². The summed E-state index contributed by atoms with van der Waals surface area (Å²) in [7, 11) is -8.98. The summed E-state index contributed by atoms with van der Waals surface area (Å²) < 4.78 is 69.2. The summed E-state index contributed by atoms with van der Waals surface area (Å²) in [5.74, 6) is 0. The van der Waals surface area contributed by atoms with E-state index in [0.717, 1.165) is 25.7 Å². The van der Waals surface area contributed by atoms with E-state index in [4.69, 9.17) is 0 Å². The Morgan fingerprint density at radius 1 is 0.385 bits per heavy atom. The van der Waals surface area contributed by atoms with Gasteiger partial charge in [0.1, 0.15) is 0 Å². The minimum absolute atomic E-state index is 0. The molecule has 0 bridgehead atoms. The molecule has 0 atom stereocenters. The third kappa shape index (κ3) is 49.3. The van der Waals surface area contributed by atoms with Crippen molar-refractivity contribution < 1.29 is 34.3 Å². The third-order valence-corrected chi connectivity index (χ3v) is 7.36. The predicted molar refractivity (Wildman–Crippen MR) is 159 cm³/mol. The maximum atomic E-state index is 10.2. The first kappa shape index (κ1) is 44.7. The number of hydrogen-bond donors (Lipinski definition) is 0. The SMILES string of the molecule is CCCCCCCCCCCCCCOS(=O)(=O)[O-].CCCCCCCCCCCCCCOS(=O)(=O)[O-].[Ba+2]. The van der Waals surface area contributed by atoms with Gasteiger partial charge in [0.2, 0.25) is 20.8 Å². The third-order valence-electron chi connectivity index (χ3n) is 6.45. The second-order valence-corrected chi connectivity index (χ2v) is 12.3. The molecule has 0 heterocycles. The molecule has 232 valence electrons. The zero-order valence-corrected chi connectivity index (χ0v) is 31.2. The first-order valence-electron chi connectivity index (χ1n) is 15.3. The van der Waals surface area contributed by atoms with Crippen molar-refractivity contribution in [2.45, 2.75) is 168 Å². The summed E-state index contributed by atoms with van der Waals surface area (Å²) in [4.78, 5) is 0. The molecular weight excluding hydrogens is 666 g/mol. The van der Waals surface area contributed by atoms with Gasteiger partial charge in [0.25, 0.3) is 0 Å². The maximum Gasteiger partial charge on any atom is 2.00 e. The van der Waals surface area contributed by atoms with Crippen molar-refractivity contribution >= 4 is 69.7 Å². The van der Waals surface area contributed by atoms with Crippen molar-refractivity contribution in [1.29, 1.82) is 0 Å². The van der Waals surface area contributed by atoms with Crippen LogP contribution in [0.2, 0.25) is 0 Å². The molecule has 0 radical (unpaired) electrons. The van der Waals surface area contributed by atoms with Gasteiger partial charge in [-0.3, -0.25) is 8.37 Å². The molecule has 0 aliphatic heterocycles. The number of unbranched alkanes of at least 4 members (excludes halogenated alkanes) is 22. The number of hydrogen-bond acceptors (Lipinski definition) is 8. The Bertz CT molecular complexity index is 615. The van der Waals surface area contributed by atoms with E-state index in [-0.39, 0.29) is 62.1 Å². The van der Waals surface area contributed by atoms with Crippen molar-refractivity contribution in [3.05, 3.63) is 0 Å². The van der Waals surface area contributed by atoms with Gasteiger partial charge in [-0.15, -0.1) is 0 Å². The molecule has 0 spiro atoms. The average Bonchev–Trinajstić information content (AvgIpc) is 2.84. The Labute approximate surface area is 282 Å². The molecule has 0 aromatic carbocycles. The van der Waals surface area contributed by atoms with Gasteiger partial charge in [-0.1, -0.05) is 155 Å². The average molecular weight is 724 g/mol. The molecule has 11 heteroatoms. The van der Waals surface area contributed by atoms with Gasteiger partial charge in [0, 0.05) is 0 Å². The van der Waals surface area contributed by atoms with Gasteiger partial charge in [-0.25, -0.2) is 16.8 Å². The fourth-order valence-electron chi connectivity index (χ4n) is 4.21. The van der Waals surface area contributed by atoms with E-state index in [1.165, 1.54) is 116 Å². The molecular formula is C28H58BaO8S2. The van der Waals surface area contributed by atoms with E-state index in [1.54, 1.807) is 0 Å². The van der Waals surface area contributed by atoms with Crippen molar-refractivity contribution in [2.24, 2.45) is 0 Å². The summed E-state index contributed by atoms with van der Waals surface area (Å²) in [6.45, 7) is 4.53. The van der Waals surface area contributed by atoms with Crippen LogP contribution in [0.4, 0.5) is 0 Å². The van der Waals surface area contributed by atoms with Crippen LogP contribution in [0.5, 0.6) is 0 Å². The zero-order chi connectivity index (χ0) is 28.8. The molecule has 0 aliphatic carbocycles. The molecule has 0 saturated heterocycles. The summed E-state index contributed by atoms with van der Waals surface area (Å²) >= 11 is 0. The predicted octanol–water partition coefficient (Wildman–Crippen LogP) is 7.95. The van der Waals surface area contributed by atoms with E-state index >= 15 is 0 Å². The molecule has 0 N–H and O–H groups in total. The fraction of sp³-hybridized carbons (Fsp3) is 1.00. The Morgan fingerprint density at radius 3 is 0.744 bits per heavy atom. The van der Waals surface area contributed by atoms with Crippen molar-refractivity contribution in [1.82, 2.24) is 0 Å². The molecule has 0 aliphatic rings. The molecule has 0 fully saturated rings. The van der Waals surface area contributed by atoms with Gasteiger partial charge in [0.05, 0.1) is 13.2 Å². The van der Waals surface area contributed by atoms with Crippen LogP contribution in [0.25, 0.3) is 0 Å². The van der Waals surface area contributed by atoms with Crippen molar-refractivity contribution in [3.8, 4) is 0 Å². The second-order valence-electron chi connectivity index (χ2n) is 10.2. The van der Waals surface area contributed by atoms with E-state index in [1.807, 2.05) is 0 Å². The summed E-state index contributed by atoms with van der Waals surface area (Å²) in [5, 5.41) is 0. The Balaban J connectivity index is -0.000000648. The minimum Gasteiger partial charge on any atom is -0.726 e. The molecule has 8 nitrogen and oxygen atoms in total. The summed E-state index contributed by atoms with van der Waals surface area (Å²) in [5.41, 5.74) is 0. The van der Waals surface area contributed by atoms with Gasteiger partial charge in [0.15, 0.2) is 0 Å². The number of rotatable bonds is 28. The Hall–Kier alpha value is 1.31. The van der Waals surface area contributed by atoms with Crippen molar-refractivity contribution in [2.75, 3.05) is 13.2 Å². The first-order chi connectivity index (χ1) is 18.1. The van der Waals surface area contributed by atoms with Crippen molar-refractivity contribution in [3.63, 3.8) is 0 Å². The molecule has 0 aromatic rings. The van der Waals surface area contributed by atoms with Crippen LogP contribution in [-0.4, -0.2) is 88.0 Å². The fourth-order valence-corrected chi connectivity index (χ4v) is 4.85. The standard InChI is InChI=1S/2C14H30O4S.Ba/c2*1-2-3-4-5-6-7-8-9-10-11-12-13-14-18-19(15,16)17;/h2*2-14H2,1H3,(H,15,16,17);/q;;+2/p-2. The summed E-state index contributed by atoms with van der Waals surface area (Å²) in [6, 6.07) is 0. The minimum atomic E-state index is -4.49. The van der Waals surface area contributed by atoms with E-state index < -0.39 is 20.8 Å². The molecule has 39 heavy (non-hydrogen) atoms. The monoisotopic (exact) mass is 724 g/mol. The van der Waals surface area contributed by atoms with Crippen LogP contribution in [0.1, 0.15) is 168 Å². The van der Waals surface area contributed by atoms with E-state index in [0.29, 0.717) is 12.8 Å². The summed E-state index contributed by atoms with van der Waals surface area (Å²) in [6.07, 6.45) is 29.1. The molecule has 0 saturated carbocycles. The van der Waals surface area contributed by atoms with Crippen LogP contribution in [0.3, 0.4) is 0 Å². The second kappa shape index (κ2) is 33.8. The quantitative estimate of drug-likeness (QED) is 0.0344. The zero-order valence-electron chi connectivity index (χ0n) is 25.2. The molecule has 0 rings (SSSR count). The molecule has 0 unspecified atom stereocenters. The van der Waals surface area contributed by atoms with E-state index in [2.05, 4.69) is 22.2 Å². The van der Waals surface area contributed by atoms with Crippen LogP contribution in [0.15, 0.2) is 0 Å². The Morgan fingerprint density at radius 2 is 0.564 bits per heavy atom. The van der Waals surface area contributed by atoms with Crippen LogP contribution < -0.4 is 0 Å². The largest absolute Gasteiger partial charge is 2.00 e. The molecule has 0 amide bonds. The maximum absolute atomic E-state index is 10.2. The van der Waals surface area contributed by atoms with Gasteiger partial charge < -0.3 is 9.11 Å². The molecule has 0 aromatic heterocycles. The van der Waals surface area contributed by atoms with Gasteiger partial charge >= 0.3 is 48.9 Å². The Kier molecular flexibility index (Phi) is 38.8. The van der Waals surface area contributed by atoms with Gasteiger partial charge in [-0.05, 0) is 12.8 Å². The first-order valence-corrected chi connectivity index (χ1v) is 18.0. The normalized spacial score (nSPS) is 11.6. The van der Waals surface area contributed by atoms with E-state index in [9.17, 15) is 25.9 Å². The van der Waals surface area contributed by atoms with Crippen LogP contribution in [0, 0.1) is 0 Å². The van der Waals surface area contributed by atoms with Gasteiger partial charge in [-0.2, -0.15) is 0 Å². The smallest absolute Gasteiger partial charge is 0.726 e. The van der Waals surface area contributed by atoms with Crippen LogP contribution >= 0.6 is 0 Å².